The van der Waals surface area contributed by atoms with E-state index in [1.54, 1.807) is 19.0 Å². The highest BCUT2D eigenvalue weighted by molar-refractivity contribution is 5.82. The third-order valence-electron chi connectivity index (χ3n) is 1.63. The Labute approximate surface area is 68.5 Å². The van der Waals surface area contributed by atoms with E-state index in [2.05, 4.69) is 6.92 Å². The molecule has 0 rings (SSSR count). The second kappa shape index (κ2) is 5.13. The van der Waals surface area contributed by atoms with Crippen molar-refractivity contribution in [2.45, 2.75) is 32.3 Å². The zero-order valence-electron chi connectivity index (χ0n) is 7.59. The zero-order valence-corrected chi connectivity index (χ0v) is 7.59. The number of aliphatic hydroxyl groups is 1. The number of hydrogen-bond acceptors (Lipinski definition) is 2. The Morgan fingerprint density at radius 3 is 2.45 bits per heavy atom. The number of amidine groups is 1. The van der Waals surface area contributed by atoms with Crippen LogP contribution >= 0.6 is 0 Å². The lowest BCUT2D eigenvalue weighted by atomic mass is 10.1. The lowest BCUT2D eigenvalue weighted by molar-refractivity contribution is 0.212. The van der Waals surface area contributed by atoms with E-state index in [0.717, 1.165) is 12.8 Å². The van der Waals surface area contributed by atoms with E-state index in [1.807, 2.05) is 0 Å². The van der Waals surface area contributed by atoms with E-state index in [1.165, 1.54) is 0 Å². The fourth-order valence-corrected chi connectivity index (χ4v) is 0.832. The summed E-state index contributed by atoms with van der Waals surface area (Å²) in [5, 5.41) is 16.8. The number of unbranched alkanes of at least 4 members (excludes halogenated alkanes) is 1. The van der Waals surface area contributed by atoms with Crippen LogP contribution in [0.5, 0.6) is 0 Å². The van der Waals surface area contributed by atoms with Crippen LogP contribution in [0.25, 0.3) is 0 Å². The quantitative estimate of drug-likeness (QED) is 0.475. The Balaban J connectivity index is 3.64. The molecule has 0 aromatic heterocycles. The molecule has 0 fully saturated rings. The Hall–Kier alpha value is -0.570. The van der Waals surface area contributed by atoms with Gasteiger partial charge in [0.1, 0.15) is 11.9 Å². The Kier molecular flexibility index (Phi) is 4.86. The van der Waals surface area contributed by atoms with Gasteiger partial charge in [-0.05, 0) is 6.42 Å². The monoisotopic (exact) mass is 158 g/mol. The fourth-order valence-electron chi connectivity index (χ4n) is 0.832. The molecule has 0 aromatic rings. The van der Waals surface area contributed by atoms with Gasteiger partial charge in [-0.25, -0.2) is 0 Å². The number of rotatable bonds is 4. The van der Waals surface area contributed by atoms with Gasteiger partial charge in [-0.1, -0.05) is 19.8 Å². The molecule has 0 bridgehead atoms. The fraction of sp³-hybridized carbons (Fsp3) is 0.875. The van der Waals surface area contributed by atoms with Gasteiger partial charge in [-0.3, -0.25) is 5.41 Å². The first-order valence-electron chi connectivity index (χ1n) is 4.03. The van der Waals surface area contributed by atoms with Gasteiger partial charge in [-0.2, -0.15) is 0 Å². The van der Waals surface area contributed by atoms with E-state index in [-0.39, 0.29) is 0 Å². The predicted octanol–water partition coefficient (Wildman–Crippen LogP) is 1.08. The lowest BCUT2D eigenvalue weighted by Gasteiger charge is -2.18. The van der Waals surface area contributed by atoms with Crippen molar-refractivity contribution in [2.24, 2.45) is 0 Å². The summed E-state index contributed by atoms with van der Waals surface area (Å²) >= 11 is 0. The second-order valence-electron chi connectivity index (χ2n) is 2.94. The minimum atomic E-state index is -0.579. The highest BCUT2D eigenvalue weighted by atomic mass is 16.3. The van der Waals surface area contributed by atoms with Crippen LogP contribution in [0.15, 0.2) is 0 Å². The third kappa shape index (κ3) is 3.98. The molecule has 1 atom stereocenters. The van der Waals surface area contributed by atoms with Crippen LogP contribution in [0.3, 0.4) is 0 Å². The molecule has 1 unspecified atom stereocenters. The first kappa shape index (κ1) is 10.4. The molecule has 0 spiro atoms. The molecule has 0 amide bonds. The van der Waals surface area contributed by atoms with E-state index in [9.17, 15) is 5.11 Å². The van der Waals surface area contributed by atoms with Crippen LogP contribution in [0.1, 0.15) is 26.2 Å². The van der Waals surface area contributed by atoms with Crippen molar-refractivity contribution in [3.05, 3.63) is 0 Å². The van der Waals surface area contributed by atoms with E-state index in [4.69, 9.17) is 5.41 Å². The second-order valence-corrected chi connectivity index (χ2v) is 2.94. The largest absolute Gasteiger partial charge is 0.385 e. The van der Waals surface area contributed by atoms with Crippen LogP contribution in [-0.4, -0.2) is 36.0 Å². The highest BCUT2D eigenvalue weighted by Crippen LogP contribution is 2.02. The molecular formula is C8H18N2O. The summed E-state index contributed by atoms with van der Waals surface area (Å²) in [4.78, 5) is 1.64. The molecule has 66 valence electrons. The minimum absolute atomic E-state index is 0.304. The number of aliphatic hydroxyl groups excluding tert-OH is 1. The van der Waals surface area contributed by atoms with Crippen LogP contribution in [0.2, 0.25) is 0 Å². The van der Waals surface area contributed by atoms with Crippen LogP contribution in [0, 0.1) is 5.41 Å². The summed E-state index contributed by atoms with van der Waals surface area (Å²) in [5.74, 6) is 0.304. The number of nitrogens with one attached hydrogen (secondary N) is 1. The molecule has 3 heteroatoms. The summed E-state index contributed by atoms with van der Waals surface area (Å²) in [6.07, 6.45) is 2.17. The minimum Gasteiger partial charge on any atom is -0.385 e. The molecular weight excluding hydrogens is 140 g/mol. The van der Waals surface area contributed by atoms with Gasteiger partial charge in [0.2, 0.25) is 0 Å². The number of hydrogen-bond donors (Lipinski definition) is 2. The van der Waals surface area contributed by atoms with E-state index < -0.39 is 6.10 Å². The Morgan fingerprint density at radius 1 is 1.55 bits per heavy atom. The van der Waals surface area contributed by atoms with Gasteiger partial charge in [0, 0.05) is 14.1 Å². The topological polar surface area (TPSA) is 47.3 Å². The smallest absolute Gasteiger partial charge is 0.125 e. The van der Waals surface area contributed by atoms with Crippen LogP contribution in [-0.2, 0) is 0 Å². The Morgan fingerprint density at radius 2 is 2.09 bits per heavy atom. The van der Waals surface area contributed by atoms with Gasteiger partial charge in [0.15, 0.2) is 0 Å². The van der Waals surface area contributed by atoms with Crippen molar-refractivity contribution in [1.82, 2.24) is 4.90 Å². The molecule has 0 heterocycles. The number of likely N-dealkylation sites (N-methyl/N-ethyl adjacent to an activating group) is 1. The SMILES string of the molecule is CCCCC(O)C(=N)N(C)C. The molecule has 0 aromatic carbocycles. The molecule has 3 nitrogen and oxygen atoms in total. The average Bonchev–Trinajstić information content (AvgIpc) is 1.98. The summed E-state index contributed by atoms with van der Waals surface area (Å²) in [6.45, 7) is 2.08. The first-order chi connectivity index (χ1) is 5.09. The molecule has 2 N–H and O–H groups in total. The van der Waals surface area contributed by atoms with Gasteiger partial charge >= 0.3 is 0 Å². The standard InChI is InChI=1S/C8H18N2O/c1-4-5-6-7(11)8(9)10(2)3/h7,9,11H,4-6H2,1-3H3. The maximum atomic E-state index is 9.35. The average molecular weight is 158 g/mol. The summed E-state index contributed by atoms with van der Waals surface area (Å²) in [5.41, 5.74) is 0. The normalized spacial score (nSPS) is 12.7. The predicted molar refractivity (Wildman–Crippen MR) is 46.9 cm³/mol. The molecule has 0 saturated carbocycles. The summed E-state index contributed by atoms with van der Waals surface area (Å²) < 4.78 is 0. The van der Waals surface area contributed by atoms with Crippen molar-refractivity contribution >= 4 is 5.84 Å². The van der Waals surface area contributed by atoms with Gasteiger partial charge < -0.3 is 10.0 Å². The van der Waals surface area contributed by atoms with Crippen molar-refractivity contribution in [1.29, 1.82) is 5.41 Å². The van der Waals surface area contributed by atoms with Crippen molar-refractivity contribution < 1.29 is 5.11 Å². The summed E-state index contributed by atoms with van der Waals surface area (Å²) in [6, 6.07) is 0. The zero-order chi connectivity index (χ0) is 8.85. The third-order valence-corrected chi connectivity index (χ3v) is 1.63. The summed E-state index contributed by atoms with van der Waals surface area (Å²) in [7, 11) is 3.55. The molecule has 0 radical (unpaired) electrons. The Bertz CT molecular complexity index is 123. The van der Waals surface area contributed by atoms with Gasteiger partial charge in [0.25, 0.3) is 0 Å². The van der Waals surface area contributed by atoms with Gasteiger partial charge in [-0.15, -0.1) is 0 Å². The molecule has 0 aliphatic heterocycles. The first-order valence-corrected chi connectivity index (χ1v) is 4.03. The van der Waals surface area contributed by atoms with Gasteiger partial charge in [0.05, 0.1) is 0 Å². The molecule has 0 aliphatic rings. The maximum Gasteiger partial charge on any atom is 0.125 e. The molecule has 11 heavy (non-hydrogen) atoms. The lowest BCUT2D eigenvalue weighted by Crippen LogP contribution is -2.32. The molecule has 0 saturated heterocycles. The number of nitrogens with zero attached hydrogens (tertiary/aromatic N) is 1. The van der Waals surface area contributed by atoms with Crippen LogP contribution in [0.4, 0.5) is 0 Å². The van der Waals surface area contributed by atoms with E-state index in [0.29, 0.717) is 12.3 Å². The van der Waals surface area contributed by atoms with Crippen molar-refractivity contribution in [3.63, 3.8) is 0 Å². The van der Waals surface area contributed by atoms with Crippen molar-refractivity contribution in [2.75, 3.05) is 14.1 Å². The highest BCUT2D eigenvalue weighted by Gasteiger charge is 2.10. The molecule has 0 aliphatic carbocycles. The van der Waals surface area contributed by atoms with Crippen LogP contribution < -0.4 is 0 Å². The maximum absolute atomic E-state index is 9.35. The van der Waals surface area contributed by atoms with E-state index >= 15 is 0 Å². The van der Waals surface area contributed by atoms with Crippen molar-refractivity contribution in [3.8, 4) is 0 Å².